The SMILES string of the molecule is CCC(COCC1CO1)(COCC1CO1)COCC1CO1.NCCCCCN(CCN(CCN)CCN)CCN(CCNCCN)CCNCCN(CCN)CCN. The molecule has 0 aromatic heterocycles. The minimum absolute atomic E-state index is 0.0985. The normalized spacial score (nSPS) is 19.6. The molecule has 0 radical (unpaired) electrons. The average Bonchev–Trinajstić information content (AvgIpc) is 4.07. The molecule has 14 N–H and O–H groups in total. The Labute approximate surface area is 352 Å². The molecular weight excluding hydrogens is 745 g/mol. The Hall–Kier alpha value is -0.720. The van der Waals surface area contributed by atoms with Gasteiger partial charge in [-0.25, -0.2) is 0 Å². The van der Waals surface area contributed by atoms with Gasteiger partial charge in [-0.05, 0) is 32.4 Å². The van der Waals surface area contributed by atoms with Crippen molar-refractivity contribution >= 4 is 0 Å². The highest BCUT2D eigenvalue weighted by Crippen LogP contribution is 2.26. The van der Waals surface area contributed by atoms with Gasteiger partial charge in [0.15, 0.2) is 0 Å². The Morgan fingerprint density at radius 2 is 0.810 bits per heavy atom. The molecule has 58 heavy (non-hydrogen) atoms. The largest absolute Gasteiger partial charge is 0.378 e. The number of ether oxygens (including phenoxy) is 6. The van der Waals surface area contributed by atoms with Crippen molar-refractivity contribution in [3.8, 4) is 0 Å². The zero-order valence-corrected chi connectivity index (χ0v) is 36.7. The van der Waals surface area contributed by atoms with Crippen LogP contribution >= 0.6 is 0 Å². The smallest absolute Gasteiger partial charge is 0.104 e. The summed E-state index contributed by atoms with van der Waals surface area (Å²) in [6.45, 7) is 28.2. The fourth-order valence-corrected chi connectivity index (χ4v) is 6.50. The Morgan fingerprint density at radius 1 is 0.448 bits per heavy atom. The molecule has 3 unspecified atom stereocenters. The Kier molecular flexibility index (Phi) is 33.0. The number of epoxide rings is 3. The van der Waals surface area contributed by atoms with Gasteiger partial charge in [0.25, 0.3) is 0 Å². The molecule has 0 aromatic carbocycles. The Balaban J connectivity index is 0.000000459. The summed E-state index contributed by atoms with van der Waals surface area (Å²) >= 11 is 0. The van der Waals surface area contributed by atoms with Crippen LogP contribution in [0.2, 0.25) is 0 Å². The van der Waals surface area contributed by atoms with Crippen LogP contribution in [0.5, 0.6) is 0 Å². The standard InChI is InChI=1S/C25H64N12.C15H26O6/c26-4-2-1-3-14-34(22-24-36(17-8-30)18-9-31)23-25-37(20-11-32-10-5-27)21-13-33-12-19-35(15-6-28)16-7-29;1-2-15(9-16-3-12-6-19-12,10-17-4-13-7-20-13)11-18-5-14-8-21-14/h32-33H,1-31H2;12-14H,2-11H2,1H3. The molecule has 3 aliphatic heterocycles. The molecule has 346 valence electrons. The van der Waals surface area contributed by atoms with E-state index >= 15 is 0 Å². The molecule has 18 nitrogen and oxygen atoms in total. The minimum atomic E-state index is -0.0985. The van der Waals surface area contributed by atoms with Crippen LogP contribution in [0.3, 0.4) is 0 Å². The number of nitrogens with zero attached hydrogens (tertiary/aromatic N) is 4. The first-order valence-corrected chi connectivity index (χ1v) is 22.5. The van der Waals surface area contributed by atoms with Crippen LogP contribution in [0.15, 0.2) is 0 Å². The lowest BCUT2D eigenvalue weighted by molar-refractivity contribution is -0.0762. The van der Waals surface area contributed by atoms with Crippen molar-refractivity contribution in [2.45, 2.75) is 50.9 Å². The lowest BCUT2D eigenvalue weighted by Gasteiger charge is -2.32. The maximum atomic E-state index is 5.81. The second-order valence-corrected chi connectivity index (χ2v) is 15.9. The first-order valence-electron chi connectivity index (χ1n) is 22.5. The fourth-order valence-electron chi connectivity index (χ4n) is 6.50. The summed E-state index contributed by atoms with van der Waals surface area (Å²) in [5.74, 6) is 0. The highest BCUT2D eigenvalue weighted by Gasteiger charge is 2.34. The molecule has 3 heterocycles. The first kappa shape index (κ1) is 53.4. The molecule has 0 saturated carbocycles. The summed E-state index contributed by atoms with van der Waals surface area (Å²) in [4.78, 5) is 9.85. The van der Waals surface area contributed by atoms with Crippen LogP contribution in [0.25, 0.3) is 0 Å². The zero-order valence-electron chi connectivity index (χ0n) is 36.7. The maximum Gasteiger partial charge on any atom is 0.104 e. The van der Waals surface area contributed by atoms with Gasteiger partial charge in [0.2, 0.25) is 0 Å². The summed E-state index contributed by atoms with van der Waals surface area (Å²) in [6.07, 6.45) is 5.30. The van der Waals surface area contributed by atoms with Crippen molar-refractivity contribution in [3.05, 3.63) is 0 Å². The number of nitrogens with one attached hydrogen (secondary N) is 2. The van der Waals surface area contributed by atoms with Gasteiger partial charge in [0.1, 0.15) is 18.3 Å². The Bertz CT molecular complexity index is 855. The van der Waals surface area contributed by atoms with E-state index in [9.17, 15) is 0 Å². The quantitative estimate of drug-likeness (QED) is 0.0224. The van der Waals surface area contributed by atoms with Crippen molar-refractivity contribution in [2.75, 3.05) is 203 Å². The van der Waals surface area contributed by atoms with Gasteiger partial charge in [0, 0.05) is 136 Å². The third-order valence-corrected chi connectivity index (χ3v) is 10.7. The number of hydrogen-bond donors (Lipinski definition) is 8. The first-order chi connectivity index (χ1) is 28.4. The monoisotopic (exact) mass is 835 g/mol. The molecule has 3 fully saturated rings. The molecule has 0 amide bonds. The third kappa shape index (κ3) is 29.5. The van der Waals surface area contributed by atoms with Crippen LogP contribution in [0.1, 0.15) is 32.6 Å². The summed E-state index contributed by atoms with van der Waals surface area (Å²) in [6, 6.07) is 0. The molecular formula is C40H90N12O6. The van der Waals surface area contributed by atoms with Gasteiger partial charge in [-0.3, -0.25) is 14.7 Å². The number of unbranched alkanes of at least 4 members (excludes halogenated alkanes) is 2. The van der Waals surface area contributed by atoms with Crippen LogP contribution in [-0.4, -0.2) is 241 Å². The molecule has 0 spiro atoms. The summed E-state index contributed by atoms with van der Waals surface area (Å²) in [5.41, 5.74) is 34.3. The van der Waals surface area contributed by atoms with Crippen LogP contribution in [0.4, 0.5) is 0 Å². The number of rotatable bonds is 43. The van der Waals surface area contributed by atoms with E-state index in [1.165, 1.54) is 12.8 Å². The van der Waals surface area contributed by atoms with Crippen molar-refractivity contribution in [3.63, 3.8) is 0 Å². The summed E-state index contributed by atoms with van der Waals surface area (Å²) in [7, 11) is 0. The van der Waals surface area contributed by atoms with Gasteiger partial charge in [-0.15, -0.1) is 0 Å². The van der Waals surface area contributed by atoms with E-state index in [0.717, 1.165) is 144 Å². The molecule has 3 atom stereocenters. The molecule has 0 aliphatic carbocycles. The topological polar surface area (TPSA) is 258 Å². The zero-order chi connectivity index (χ0) is 41.9. The highest BCUT2D eigenvalue weighted by atomic mass is 16.6. The van der Waals surface area contributed by atoms with Crippen molar-refractivity contribution in [1.29, 1.82) is 0 Å². The predicted octanol–water partition coefficient (Wildman–Crippen LogP) is -3.07. The minimum Gasteiger partial charge on any atom is -0.378 e. The van der Waals surface area contributed by atoms with Gasteiger partial charge in [-0.1, -0.05) is 13.3 Å². The summed E-state index contributed by atoms with van der Waals surface area (Å²) < 4.78 is 33.0. The van der Waals surface area contributed by atoms with Gasteiger partial charge >= 0.3 is 0 Å². The lowest BCUT2D eigenvalue weighted by atomic mass is 9.88. The van der Waals surface area contributed by atoms with Gasteiger partial charge < -0.3 is 78.4 Å². The molecule has 0 bridgehead atoms. The van der Waals surface area contributed by atoms with Gasteiger partial charge in [-0.2, -0.15) is 0 Å². The van der Waals surface area contributed by atoms with E-state index in [1.54, 1.807) is 0 Å². The number of nitrogens with two attached hydrogens (primary N) is 6. The van der Waals surface area contributed by atoms with E-state index < -0.39 is 0 Å². The molecule has 3 aliphatic rings. The van der Waals surface area contributed by atoms with Crippen molar-refractivity contribution in [1.82, 2.24) is 30.2 Å². The van der Waals surface area contributed by atoms with E-state index in [4.69, 9.17) is 62.8 Å². The van der Waals surface area contributed by atoms with Crippen molar-refractivity contribution in [2.24, 2.45) is 39.8 Å². The predicted molar refractivity (Wildman–Crippen MR) is 234 cm³/mol. The fraction of sp³-hybridized carbons (Fsp3) is 1.00. The summed E-state index contributed by atoms with van der Waals surface area (Å²) in [5, 5.41) is 7.05. The lowest BCUT2D eigenvalue weighted by Crippen LogP contribution is -2.45. The third-order valence-electron chi connectivity index (χ3n) is 10.7. The number of hydrogen-bond acceptors (Lipinski definition) is 18. The van der Waals surface area contributed by atoms with Crippen LogP contribution in [-0.2, 0) is 28.4 Å². The van der Waals surface area contributed by atoms with Crippen LogP contribution < -0.4 is 45.0 Å². The second kappa shape index (κ2) is 35.8. The van der Waals surface area contributed by atoms with E-state index in [-0.39, 0.29) is 5.41 Å². The second-order valence-electron chi connectivity index (χ2n) is 15.9. The highest BCUT2D eigenvalue weighted by molar-refractivity contribution is 4.81. The van der Waals surface area contributed by atoms with E-state index in [2.05, 4.69) is 37.2 Å². The molecule has 18 heteroatoms. The van der Waals surface area contributed by atoms with Crippen LogP contribution in [0, 0.1) is 5.41 Å². The average molecular weight is 835 g/mol. The van der Waals surface area contributed by atoms with Crippen molar-refractivity contribution < 1.29 is 28.4 Å². The van der Waals surface area contributed by atoms with E-state index in [1.807, 2.05) is 0 Å². The van der Waals surface area contributed by atoms with Gasteiger partial charge in [0.05, 0.1) is 59.5 Å². The Morgan fingerprint density at radius 3 is 1.16 bits per heavy atom. The molecule has 3 saturated heterocycles. The molecule has 0 aromatic rings. The maximum absolute atomic E-state index is 5.81. The van der Waals surface area contributed by atoms with E-state index in [0.29, 0.717) is 90.7 Å². The molecule has 3 rings (SSSR count).